The second-order valence-electron chi connectivity index (χ2n) is 3.99. The topological polar surface area (TPSA) is 91.8 Å². The molecule has 1 aliphatic heterocycles. The maximum atomic E-state index is 12.1. The third-order valence-corrected chi connectivity index (χ3v) is 4.10. The van der Waals surface area contributed by atoms with Gasteiger partial charge in [-0.3, -0.25) is 4.72 Å². The number of aliphatic hydroxyl groups is 1. The standard InChI is InChI=1S/C12H15N3O4S/c16-8-2-4-11-3-1-5-12(13-11)14-20(17,18)15-6-9-19-10-7-15/h1,3,5,16H,6-10H2,(H,13,14). The Balaban J connectivity index is 2.12. The van der Waals surface area contributed by atoms with Crippen LogP contribution in [0.3, 0.4) is 0 Å². The van der Waals surface area contributed by atoms with E-state index < -0.39 is 10.2 Å². The maximum absolute atomic E-state index is 12.1. The van der Waals surface area contributed by atoms with Crippen LogP contribution in [0.25, 0.3) is 0 Å². The molecule has 2 heterocycles. The minimum Gasteiger partial charge on any atom is -0.384 e. The summed E-state index contributed by atoms with van der Waals surface area (Å²) in [5, 5.41) is 8.62. The van der Waals surface area contributed by atoms with E-state index in [2.05, 4.69) is 21.5 Å². The van der Waals surface area contributed by atoms with Crippen LogP contribution < -0.4 is 4.72 Å². The van der Waals surface area contributed by atoms with Gasteiger partial charge >= 0.3 is 10.2 Å². The predicted molar refractivity (Wildman–Crippen MR) is 73.1 cm³/mol. The lowest BCUT2D eigenvalue weighted by atomic mass is 10.3. The first-order valence-electron chi connectivity index (χ1n) is 6.04. The van der Waals surface area contributed by atoms with E-state index in [1.807, 2.05) is 0 Å². The van der Waals surface area contributed by atoms with E-state index in [1.54, 1.807) is 18.2 Å². The molecule has 0 atom stereocenters. The van der Waals surface area contributed by atoms with Gasteiger partial charge < -0.3 is 9.84 Å². The van der Waals surface area contributed by atoms with Gasteiger partial charge in [0.15, 0.2) is 0 Å². The highest BCUT2D eigenvalue weighted by Gasteiger charge is 2.24. The summed E-state index contributed by atoms with van der Waals surface area (Å²) >= 11 is 0. The zero-order valence-electron chi connectivity index (χ0n) is 10.7. The SMILES string of the molecule is O=S(=O)(Nc1cccc(C#CCO)n1)N1CCOCC1. The number of anilines is 1. The van der Waals surface area contributed by atoms with Gasteiger partial charge in [0, 0.05) is 13.1 Å². The zero-order valence-corrected chi connectivity index (χ0v) is 11.6. The second kappa shape index (κ2) is 6.67. The molecular formula is C12H15N3O4S. The lowest BCUT2D eigenvalue weighted by molar-refractivity contribution is 0.0733. The molecule has 2 N–H and O–H groups in total. The molecule has 1 aromatic heterocycles. The molecule has 0 amide bonds. The lowest BCUT2D eigenvalue weighted by Gasteiger charge is -2.26. The summed E-state index contributed by atoms with van der Waals surface area (Å²) in [4.78, 5) is 4.06. The number of nitrogens with one attached hydrogen (secondary N) is 1. The Morgan fingerprint density at radius 2 is 2.15 bits per heavy atom. The average Bonchev–Trinajstić information content (AvgIpc) is 2.46. The van der Waals surface area contributed by atoms with E-state index in [1.165, 1.54) is 4.31 Å². The minimum absolute atomic E-state index is 0.196. The van der Waals surface area contributed by atoms with Crippen molar-refractivity contribution in [1.82, 2.24) is 9.29 Å². The quantitative estimate of drug-likeness (QED) is 0.728. The van der Waals surface area contributed by atoms with Gasteiger partial charge in [-0.1, -0.05) is 12.0 Å². The van der Waals surface area contributed by atoms with Crippen LogP contribution in [0.4, 0.5) is 5.82 Å². The number of aliphatic hydroxyl groups excluding tert-OH is 1. The summed E-state index contributed by atoms with van der Waals surface area (Å²) in [6.07, 6.45) is 0. The monoisotopic (exact) mass is 297 g/mol. The molecule has 0 unspecified atom stereocenters. The van der Waals surface area contributed by atoms with Crippen LogP contribution in [0.1, 0.15) is 5.69 Å². The number of pyridine rings is 1. The molecule has 0 bridgehead atoms. The summed E-state index contributed by atoms with van der Waals surface area (Å²) < 4.78 is 33.1. The Kier molecular flexibility index (Phi) is 4.92. The summed E-state index contributed by atoms with van der Waals surface area (Å²) in [6, 6.07) is 4.82. The van der Waals surface area contributed by atoms with Crippen LogP contribution >= 0.6 is 0 Å². The van der Waals surface area contributed by atoms with Gasteiger partial charge in [-0.2, -0.15) is 12.7 Å². The highest BCUT2D eigenvalue weighted by Crippen LogP contribution is 2.11. The van der Waals surface area contributed by atoms with Crippen molar-refractivity contribution in [3.63, 3.8) is 0 Å². The number of nitrogens with zero attached hydrogens (tertiary/aromatic N) is 2. The van der Waals surface area contributed by atoms with Gasteiger partial charge in [0.1, 0.15) is 18.1 Å². The van der Waals surface area contributed by atoms with Crippen molar-refractivity contribution in [3.8, 4) is 11.8 Å². The molecule has 7 nitrogen and oxygen atoms in total. The Hall–Kier alpha value is -1.66. The summed E-state index contributed by atoms with van der Waals surface area (Å²) in [6.45, 7) is 1.14. The first-order chi connectivity index (χ1) is 9.62. The van der Waals surface area contributed by atoms with Gasteiger partial charge in [0.25, 0.3) is 0 Å². The Morgan fingerprint density at radius 3 is 2.85 bits per heavy atom. The van der Waals surface area contributed by atoms with Crippen LogP contribution in [-0.2, 0) is 14.9 Å². The molecule has 1 saturated heterocycles. The van der Waals surface area contributed by atoms with Crippen molar-refractivity contribution in [2.45, 2.75) is 0 Å². The van der Waals surface area contributed by atoms with Crippen LogP contribution in [0.15, 0.2) is 18.2 Å². The fourth-order valence-corrected chi connectivity index (χ4v) is 2.81. The van der Waals surface area contributed by atoms with E-state index in [0.717, 1.165) is 0 Å². The van der Waals surface area contributed by atoms with Crippen molar-refractivity contribution >= 4 is 16.0 Å². The Morgan fingerprint density at radius 1 is 1.40 bits per heavy atom. The molecule has 8 heteroatoms. The van der Waals surface area contributed by atoms with Crippen molar-refractivity contribution in [2.24, 2.45) is 0 Å². The van der Waals surface area contributed by atoms with Gasteiger partial charge in [-0.15, -0.1) is 0 Å². The molecule has 0 aromatic carbocycles. The van der Waals surface area contributed by atoms with E-state index in [9.17, 15) is 8.42 Å². The first-order valence-corrected chi connectivity index (χ1v) is 7.48. The number of ether oxygens (including phenoxy) is 1. The van der Waals surface area contributed by atoms with E-state index in [0.29, 0.717) is 32.0 Å². The minimum atomic E-state index is -3.63. The number of hydrogen-bond donors (Lipinski definition) is 2. The highest BCUT2D eigenvalue weighted by atomic mass is 32.2. The molecule has 20 heavy (non-hydrogen) atoms. The molecule has 108 valence electrons. The summed E-state index contributed by atoms with van der Waals surface area (Å²) in [7, 11) is -3.63. The largest absolute Gasteiger partial charge is 0.384 e. The van der Waals surface area contributed by atoms with Gasteiger partial charge in [-0.25, -0.2) is 4.98 Å². The molecule has 1 aliphatic rings. The average molecular weight is 297 g/mol. The number of aromatic nitrogens is 1. The summed E-state index contributed by atoms with van der Waals surface area (Å²) in [5.41, 5.74) is 0.390. The smallest absolute Gasteiger partial charge is 0.302 e. The van der Waals surface area contributed by atoms with E-state index in [4.69, 9.17) is 9.84 Å². The highest BCUT2D eigenvalue weighted by molar-refractivity contribution is 7.90. The molecule has 0 radical (unpaired) electrons. The lowest BCUT2D eigenvalue weighted by Crippen LogP contribution is -2.43. The number of morpholine rings is 1. The van der Waals surface area contributed by atoms with Crippen LogP contribution in [0.2, 0.25) is 0 Å². The van der Waals surface area contributed by atoms with Gasteiger partial charge in [0.2, 0.25) is 0 Å². The fraction of sp³-hybridized carbons (Fsp3) is 0.417. The molecule has 0 saturated carbocycles. The van der Waals surface area contributed by atoms with E-state index >= 15 is 0 Å². The molecule has 1 aromatic rings. The van der Waals surface area contributed by atoms with Crippen LogP contribution in [-0.4, -0.2) is 55.7 Å². The molecule has 2 rings (SSSR count). The molecule has 0 aliphatic carbocycles. The van der Waals surface area contributed by atoms with Crippen molar-refractivity contribution < 1.29 is 18.3 Å². The third kappa shape index (κ3) is 3.91. The van der Waals surface area contributed by atoms with Crippen molar-refractivity contribution in [2.75, 3.05) is 37.6 Å². The third-order valence-electron chi connectivity index (χ3n) is 2.59. The normalized spacial score (nSPS) is 16.2. The van der Waals surface area contributed by atoms with Crippen molar-refractivity contribution in [3.05, 3.63) is 23.9 Å². The second-order valence-corrected chi connectivity index (χ2v) is 5.66. The number of rotatable bonds is 3. The van der Waals surface area contributed by atoms with Gasteiger partial charge in [-0.05, 0) is 18.1 Å². The van der Waals surface area contributed by atoms with Gasteiger partial charge in [0.05, 0.1) is 13.2 Å². The zero-order chi connectivity index (χ0) is 14.4. The fourth-order valence-electron chi connectivity index (χ4n) is 1.67. The maximum Gasteiger partial charge on any atom is 0.302 e. The van der Waals surface area contributed by atoms with Crippen molar-refractivity contribution in [1.29, 1.82) is 0 Å². The Labute approximate surface area is 117 Å². The van der Waals surface area contributed by atoms with E-state index in [-0.39, 0.29) is 12.4 Å². The summed E-state index contributed by atoms with van der Waals surface area (Å²) in [5.74, 6) is 5.27. The first kappa shape index (κ1) is 14.7. The Bertz CT molecular complexity index is 615. The molecule has 0 spiro atoms. The predicted octanol–water partition coefficient (Wildman–Crippen LogP) is -0.586. The molecule has 1 fully saturated rings. The van der Waals surface area contributed by atoms with Crippen LogP contribution in [0, 0.1) is 11.8 Å². The molecular weight excluding hydrogens is 282 g/mol. The van der Waals surface area contributed by atoms with Crippen LogP contribution in [0.5, 0.6) is 0 Å². The number of hydrogen-bond acceptors (Lipinski definition) is 5.